The van der Waals surface area contributed by atoms with Crippen molar-refractivity contribution in [1.29, 1.82) is 5.26 Å². The molecule has 0 aliphatic carbocycles. The number of carbonyl (C=O) groups is 1. The summed E-state index contributed by atoms with van der Waals surface area (Å²) in [6.07, 6.45) is 2.15. The minimum absolute atomic E-state index is 0.303. The molecule has 1 aromatic carbocycles. The maximum atomic E-state index is 11.3. The number of hydrogen-bond donors (Lipinski definition) is 1. The van der Waals surface area contributed by atoms with Gasteiger partial charge in [0.1, 0.15) is 6.07 Å². The average molecular weight is 185 g/mol. The van der Waals surface area contributed by atoms with Crippen molar-refractivity contribution in [2.45, 2.75) is 6.42 Å². The Morgan fingerprint density at radius 1 is 1.50 bits per heavy atom. The summed E-state index contributed by atoms with van der Waals surface area (Å²) in [6.45, 7) is 0. The molecule has 1 aliphatic heterocycles. The maximum absolute atomic E-state index is 11.3. The number of hydrogen-bond acceptors (Lipinski definition) is 3. The molecule has 2 rings (SSSR count). The van der Waals surface area contributed by atoms with E-state index in [1.54, 1.807) is 12.3 Å². The van der Waals surface area contributed by atoms with Crippen molar-refractivity contribution in [2.24, 2.45) is 4.99 Å². The fourth-order valence-corrected chi connectivity index (χ4v) is 1.42. The number of amides is 1. The largest absolute Gasteiger partial charge is 0.398 e. The van der Waals surface area contributed by atoms with Crippen LogP contribution in [0.2, 0.25) is 0 Å². The summed E-state index contributed by atoms with van der Waals surface area (Å²) in [5.41, 5.74) is 7.68. The molecule has 0 aromatic heterocycles. The lowest BCUT2D eigenvalue weighted by atomic mass is 9.98. The Bertz CT molecular complexity index is 483. The highest BCUT2D eigenvalue weighted by Crippen LogP contribution is 2.21. The molecule has 0 saturated heterocycles. The lowest BCUT2D eigenvalue weighted by Gasteiger charge is -2.10. The van der Waals surface area contributed by atoms with E-state index >= 15 is 0 Å². The molecule has 0 spiro atoms. The molecule has 1 aromatic rings. The normalized spacial score (nSPS) is 13.5. The highest BCUT2D eigenvalue weighted by Gasteiger charge is 2.16. The molecule has 1 heterocycles. The van der Waals surface area contributed by atoms with Crippen LogP contribution in [-0.2, 0) is 6.42 Å². The van der Waals surface area contributed by atoms with Crippen LogP contribution >= 0.6 is 0 Å². The van der Waals surface area contributed by atoms with E-state index in [4.69, 9.17) is 11.0 Å². The number of fused-ring (bicyclic) bond motifs is 1. The van der Waals surface area contributed by atoms with Crippen LogP contribution in [-0.4, -0.2) is 12.1 Å². The van der Waals surface area contributed by atoms with E-state index in [2.05, 4.69) is 4.99 Å². The van der Waals surface area contributed by atoms with Crippen molar-refractivity contribution in [3.8, 4) is 6.07 Å². The first-order chi connectivity index (χ1) is 6.72. The molecule has 2 N–H and O–H groups in total. The molecule has 0 fully saturated rings. The topological polar surface area (TPSA) is 79.2 Å². The molecule has 0 saturated carbocycles. The van der Waals surface area contributed by atoms with Crippen molar-refractivity contribution >= 4 is 17.8 Å². The first-order valence-electron chi connectivity index (χ1n) is 4.11. The van der Waals surface area contributed by atoms with Gasteiger partial charge >= 0.3 is 0 Å². The lowest BCUT2D eigenvalue weighted by molar-refractivity contribution is 0.100. The molecule has 0 atom stereocenters. The van der Waals surface area contributed by atoms with Gasteiger partial charge in [-0.25, -0.2) is 4.99 Å². The predicted octanol–water partition coefficient (Wildman–Crippen LogP) is 0.908. The third kappa shape index (κ3) is 1.15. The van der Waals surface area contributed by atoms with Gasteiger partial charge < -0.3 is 5.73 Å². The molecular weight excluding hydrogens is 178 g/mol. The van der Waals surface area contributed by atoms with E-state index in [1.165, 1.54) is 6.07 Å². The second kappa shape index (κ2) is 2.96. The second-order valence-electron chi connectivity index (χ2n) is 3.03. The highest BCUT2D eigenvalue weighted by molar-refractivity contribution is 6.04. The van der Waals surface area contributed by atoms with Crippen molar-refractivity contribution in [3.05, 3.63) is 28.8 Å². The fraction of sp³-hybridized carbons (Fsp3) is 0.100. The van der Waals surface area contributed by atoms with E-state index in [1.807, 2.05) is 6.07 Å². The number of benzene rings is 1. The van der Waals surface area contributed by atoms with Crippen LogP contribution in [0.3, 0.4) is 0 Å². The highest BCUT2D eigenvalue weighted by atomic mass is 16.1. The van der Waals surface area contributed by atoms with E-state index in [-0.39, 0.29) is 5.91 Å². The molecule has 68 valence electrons. The Kier molecular flexibility index (Phi) is 1.79. The van der Waals surface area contributed by atoms with E-state index in [9.17, 15) is 4.79 Å². The Morgan fingerprint density at radius 2 is 2.29 bits per heavy atom. The van der Waals surface area contributed by atoms with Gasteiger partial charge in [-0.2, -0.15) is 5.26 Å². The molecule has 0 radical (unpaired) electrons. The number of carbonyl (C=O) groups excluding carboxylic acids is 1. The SMILES string of the molecule is N#Cc1cc2c(cc1N)CC=NC2=O. The van der Waals surface area contributed by atoms with Crippen molar-refractivity contribution in [2.75, 3.05) is 5.73 Å². The van der Waals surface area contributed by atoms with Crippen molar-refractivity contribution in [1.82, 2.24) is 0 Å². The quantitative estimate of drug-likeness (QED) is 0.610. The predicted molar refractivity (Wildman–Crippen MR) is 52.1 cm³/mol. The van der Waals surface area contributed by atoms with Crippen LogP contribution in [0.4, 0.5) is 5.69 Å². The monoisotopic (exact) mass is 185 g/mol. The van der Waals surface area contributed by atoms with Crippen LogP contribution < -0.4 is 5.73 Å². The minimum Gasteiger partial charge on any atom is -0.398 e. The summed E-state index contributed by atoms with van der Waals surface area (Å²) in [5.74, 6) is -0.303. The third-order valence-electron chi connectivity index (χ3n) is 2.15. The van der Waals surface area contributed by atoms with Crippen LogP contribution in [0.5, 0.6) is 0 Å². The number of nitrogens with two attached hydrogens (primary N) is 1. The molecule has 4 nitrogen and oxygen atoms in total. The van der Waals surface area contributed by atoms with Gasteiger partial charge in [-0.15, -0.1) is 0 Å². The Morgan fingerprint density at radius 3 is 3.00 bits per heavy atom. The number of nitrogen functional groups attached to an aromatic ring is 1. The number of anilines is 1. The molecule has 1 amide bonds. The standard InChI is InChI=1S/C10H7N3O/c11-5-7-3-8-6(4-9(7)12)1-2-13-10(8)14/h2-4H,1,12H2. The molecule has 0 bridgehead atoms. The van der Waals surface area contributed by atoms with Gasteiger partial charge in [0.15, 0.2) is 0 Å². The zero-order valence-corrected chi connectivity index (χ0v) is 7.32. The Labute approximate surface area is 80.7 Å². The van der Waals surface area contributed by atoms with Gasteiger partial charge in [-0.3, -0.25) is 4.79 Å². The maximum Gasteiger partial charge on any atom is 0.276 e. The number of aliphatic imine (C=N–C) groups is 1. The van der Waals surface area contributed by atoms with Gasteiger partial charge in [-0.05, 0) is 17.7 Å². The van der Waals surface area contributed by atoms with Crippen LogP contribution in [0, 0.1) is 11.3 Å². The van der Waals surface area contributed by atoms with Crippen LogP contribution in [0.25, 0.3) is 0 Å². The van der Waals surface area contributed by atoms with E-state index in [0.717, 1.165) is 5.56 Å². The zero-order chi connectivity index (χ0) is 10.1. The first kappa shape index (κ1) is 8.45. The Hall–Kier alpha value is -2.15. The van der Waals surface area contributed by atoms with E-state index < -0.39 is 0 Å². The second-order valence-corrected chi connectivity index (χ2v) is 3.03. The summed E-state index contributed by atoms with van der Waals surface area (Å²) in [7, 11) is 0. The number of nitrogens with zero attached hydrogens (tertiary/aromatic N) is 2. The fourth-order valence-electron chi connectivity index (χ4n) is 1.42. The summed E-state index contributed by atoms with van der Waals surface area (Å²) >= 11 is 0. The molecule has 1 aliphatic rings. The molecule has 14 heavy (non-hydrogen) atoms. The molecule has 0 unspecified atom stereocenters. The lowest BCUT2D eigenvalue weighted by Crippen LogP contribution is -2.10. The van der Waals surface area contributed by atoms with Crippen LogP contribution in [0.15, 0.2) is 17.1 Å². The summed E-state index contributed by atoms with van der Waals surface area (Å²) in [5, 5.41) is 8.73. The first-order valence-corrected chi connectivity index (χ1v) is 4.11. The summed E-state index contributed by atoms with van der Waals surface area (Å²) in [4.78, 5) is 15.0. The van der Waals surface area contributed by atoms with E-state index in [0.29, 0.717) is 23.2 Å². The van der Waals surface area contributed by atoms with Gasteiger partial charge in [0.2, 0.25) is 0 Å². The number of nitriles is 1. The average Bonchev–Trinajstić information content (AvgIpc) is 2.17. The van der Waals surface area contributed by atoms with Gasteiger partial charge in [0.25, 0.3) is 5.91 Å². The van der Waals surface area contributed by atoms with Crippen LogP contribution in [0.1, 0.15) is 21.5 Å². The molecular formula is C10H7N3O. The smallest absolute Gasteiger partial charge is 0.276 e. The third-order valence-corrected chi connectivity index (χ3v) is 2.15. The summed E-state index contributed by atoms with van der Waals surface area (Å²) in [6, 6.07) is 5.10. The van der Waals surface area contributed by atoms with Gasteiger partial charge in [-0.1, -0.05) is 0 Å². The van der Waals surface area contributed by atoms with Crippen molar-refractivity contribution < 1.29 is 4.79 Å². The number of rotatable bonds is 0. The van der Waals surface area contributed by atoms with Gasteiger partial charge in [0.05, 0.1) is 5.56 Å². The summed E-state index contributed by atoms with van der Waals surface area (Å²) < 4.78 is 0. The van der Waals surface area contributed by atoms with Gasteiger partial charge in [0, 0.05) is 23.9 Å². The molecule has 4 heteroatoms. The minimum atomic E-state index is -0.303. The van der Waals surface area contributed by atoms with Crippen molar-refractivity contribution in [3.63, 3.8) is 0 Å². The zero-order valence-electron chi connectivity index (χ0n) is 7.32. The Balaban J connectivity index is 2.65.